The number of nitrogens with zero attached hydrogens (tertiary/aromatic N) is 2. The number of alkyl halides is 3. The van der Waals surface area contributed by atoms with Gasteiger partial charge in [-0.25, -0.2) is 13.8 Å². The molecule has 0 fully saturated rings. The number of hydrogen-bond acceptors (Lipinski definition) is 3. The summed E-state index contributed by atoms with van der Waals surface area (Å²) in [6.07, 6.45) is -4.68. The molecule has 1 aromatic heterocycles. The summed E-state index contributed by atoms with van der Waals surface area (Å²) in [5.41, 5.74) is -1.36. The Kier molecular flexibility index (Phi) is 5.24. The van der Waals surface area contributed by atoms with Crippen LogP contribution >= 0.6 is 0 Å². The highest BCUT2D eigenvalue weighted by molar-refractivity contribution is 5.92. The van der Waals surface area contributed by atoms with E-state index in [9.17, 15) is 26.7 Å². The maximum Gasteiger partial charge on any atom is 0.417 e. The molecule has 1 heterocycles. The molecule has 0 aliphatic rings. The van der Waals surface area contributed by atoms with Gasteiger partial charge < -0.3 is 10.3 Å². The molecular weight excluding hydrogens is 395 g/mol. The number of imidazole rings is 1. The molecule has 29 heavy (non-hydrogen) atoms. The first-order valence-electron chi connectivity index (χ1n) is 8.34. The molecule has 3 rings (SSSR count). The number of nitriles is 1. The van der Waals surface area contributed by atoms with Gasteiger partial charge >= 0.3 is 6.18 Å². The monoisotopic (exact) mass is 408 g/mol. The highest BCUT2D eigenvalue weighted by Gasteiger charge is 2.34. The van der Waals surface area contributed by atoms with Gasteiger partial charge in [-0.2, -0.15) is 18.4 Å². The number of aromatic nitrogens is 2. The lowest BCUT2D eigenvalue weighted by Gasteiger charge is -2.14. The van der Waals surface area contributed by atoms with Crippen LogP contribution in [0.15, 0.2) is 30.3 Å². The Labute approximate surface area is 161 Å². The van der Waals surface area contributed by atoms with Crippen LogP contribution in [0.25, 0.3) is 11.0 Å². The molecule has 1 amide bonds. The summed E-state index contributed by atoms with van der Waals surface area (Å²) in [6.45, 7) is 1.53. The van der Waals surface area contributed by atoms with E-state index in [2.05, 4.69) is 15.3 Å². The number of fused-ring (bicyclic) bond motifs is 1. The summed E-state index contributed by atoms with van der Waals surface area (Å²) in [4.78, 5) is 19.2. The number of carbonyl (C=O) groups excluding carboxylic acids is 1. The molecule has 0 radical (unpaired) electrons. The molecule has 0 unspecified atom stereocenters. The van der Waals surface area contributed by atoms with Crippen LogP contribution in [0.1, 0.15) is 23.9 Å². The van der Waals surface area contributed by atoms with Crippen molar-refractivity contribution in [3.05, 3.63) is 58.9 Å². The molecule has 0 aliphatic carbocycles. The van der Waals surface area contributed by atoms with Crippen molar-refractivity contribution in [1.82, 2.24) is 9.97 Å². The zero-order valence-corrected chi connectivity index (χ0v) is 14.9. The summed E-state index contributed by atoms with van der Waals surface area (Å²) >= 11 is 0. The summed E-state index contributed by atoms with van der Waals surface area (Å²) in [5, 5.41) is 11.2. The van der Waals surface area contributed by atoms with Crippen molar-refractivity contribution < 1.29 is 26.7 Å². The minimum atomic E-state index is -4.74. The largest absolute Gasteiger partial charge is 0.417 e. The Bertz CT molecular complexity index is 1090. The van der Waals surface area contributed by atoms with Crippen molar-refractivity contribution in [2.24, 2.45) is 5.92 Å². The molecule has 0 saturated heterocycles. The smallest absolute Gasteiger partial charge is 0.342 e. The normalized spacial score (nSPS) is 12.6. The van der Waals surface area contributed by atoms with E-state index >= 15 is 0 Å². The van der Waals surface area contributed by atoms with Crippen molar-refractivity contribution in [3.63, 3.8) is 0 Å². The standard InChI is InChI=1S/C19H13F5N4O/c1-9(4-17-27-15-6-13(20)14(21)7-16(15)28-17)18(29)26-11-3-2-10(8-25)12(5-11)19(22,23)24/h2-3,5-7,9H,4H2,1H3,(H,26,29)(H,27,28)/t9-/m1/s1. The minimum absolute atomic E-state index is 0.0617. The van der Waals surface area contributed by atoms with E-state index < -0.39 is 40.8 Å². The molecule has 0 aliphatic heterocycles. The van der Waals surface area contributed by atoms with Crippen molar-refractivity contribution in [2.45, 2.75) is 19.5 Å². The highest BCUT2D eigenvalue weighted by atomic mass is 19.4. The van der Waals surface area contributed by atoms with Gasteiger partial charge in [-0.15, -0.1) is 0 Å². The second-order valence-electron chi connectivity index (χ2n) is 6.43. The number of rotatable bonds is 4. The number of benzene rings is 2. The van der Waals surface area contributed by atoms with E-state index in [0.29, 0.717) is 11.9 Å². The van der Waals surface area contributed by atoms with E-state index in [1.807, 2.05) is 0 Å². The predicted molar refractivity (Wildman–Crippen MR) is 93.7 cm³/mol. The van der Waals surface area contributed by atoms with Gasteiger partial charge in [-0.3, -0.25) is 4.79 Å². The number of amides is 1. The maximum atomic E-state index is 13.3. The first-order valence-corrected chi connectivity index (χ1v) is 8.34. The maximum absolute atomic E-state index is 13.3. The Morgan fingerprint density at radius 1 is 1.24 bits per heavy atom. The highest BCUT2D eigenvalue weighted by Crippen LogP contribution is 2.33. The fraction of sp³-hybridized carbons (Fsp3) is 0.211. The first kappa shape index (κ1) is 20.3. The van der Waals surface area contributed by atoms with Crippen LogP contribution in [-0.4, -0.2) is 15.9 Å². The van der Waals surface area contributed by atoms with Crippen LogP contribution in [0.3, 0.4) is 0 Å². The Balaban J connectivity index is 1.75. The van der Waals surface area contributed by atoms with Crippen LogP contribution < -0.4 is 5.32 Å². The van der Waals surface area contributed by atoms with E-state index in [1.165, 1.54) is 19.1 Å². The predicted octanol–water partition coefficient (Wildman–Crippen LogP) is 4.55. The second kappa shape index (κ2) is 7.50. The lowest BCUT2D eigenvalue weighted by atomic mass is 10.0. The topological polar surface area (TPSA) is 81.6 Å². The van der Waals surface area contributed by atoms with Gasteiger partial charge in [0.2, 0.25) is 5.91 Å². The fourth-order valence-electron chi connectivity index (χ4n) is 2.76. The van der Waals surface area contributed by atoms with Crippen molar-refractivity contribution >= 4 is 22.6 Å². The summed E-state index contributed by atoms with van der Waals surface area (Å²) in [6, 6.07) is 6.19. The molecule has 1 atom stereocenters. The molecule has 3 aromatic rings. The number of H-pyrrole nitrogens is 1. The zero-order chi connectivity index (χ0) is 21.3. The molecule has 2 aromatic carbocycles. The summed E-state index contributed by atoms with van der Waals surface area (Å²) in [5.74, 6) is -3.10. The third kappa shape index (κ3) is 4.34. The average Bonchev–Trinajstić information content (AvgIpc) is 3.02. The quantitative estimate of drug-likeness (QED) is 0.622. The van der Waals surface area contributed by atoms with Gasteiger partial charge in [-0.05, 0) is 18.2 Å². The van der Waals surface area contributed by atoms with Gasteiger partial charge in [0.05, 0.1) is 28.2 Å². The number of carbonyl (C=O) groups is 1. The van der Waals surface area contributed by atoms with Gasteiger partial charge in [0.1, 0.15) is 5.82 Å². The Morgan fingerprint density at radius 2 is 1.93 bits per heavy atom. The molecule has 150 valence electrons. The fourth-order valence-corrected chi connectivity index (χ4v) is 2.76. The lowest BCUT2D eigenvalue weighted by Crippen LogP contribution is -2.23. The Morgan fingerprint density at radius 3 is 2.59 bits per heavy atom. The van der Waals surface area contributed by atoms with E-state index in [1.54, 1.807) is 0 Å². The lowest BCUT2D eigenvalue weighted by molar-refractivity contribution is -0.137. The average molecular weight is 408 g/mol. The second-order valence-corrected chi connectivity index (χ2v) is 6.43. The summed E-state index contributed by atoms with van der Waals surface area (Å²) in [7, 11) is 0. The Hall–Kier alpha value is -3.48. The molecule has 0 saturated carbocycles. The third-order valence-corrected chi connectivity index (χ3v) is 4.23. The van der Waals surface area contributed by atoms with Crippen LogP contribution in [0, 0.1) is 28.9 Å². The number of hydrogen-bond donors (Lipinski definition) is 2. The van der Waals surface area contributed by atoms with Crippen LogP contribution in [0.2, 0.25) is 0 Å². The van der Waals surface area contributed by atoms with E-state index in [4.69, 9.17) is 5.26 Å². The number of anilines is 1. The minimum Gasteiger partial charge on any atom is -0.342 e. The van der Waals surface area contributed by atoms with E-state index in [-0.39, 0.29) is 23.1 Å². The van der Waals surface area contributed by atoms with Gasteiger partial charge in [0.15, 0.2) is 11.6 Å². The number of nitrogens with one attached hydrogen (secondary N) is 2. The summed E-state index contributed by atoms with van der Waals surface area (Å²) < 4.78 is 65.6. The van der Waals surface area contributed by atoms with Gasteiger partial charge in [0.25, 0.3) is 0 Å². The number of aromatic amines is 1. The van der Waals surface area contributed by atoms with Gasteiger partial charge in [-0.1, -0.05) is 6.92 Å². The molecule has 10 heteroatoms. The molecule has 2 N–H and O–H groups in total. The van der Waals surface area contributed by atoms with Gasteiger partial charge in [0, 0.05) is 30.2 Å². The third-order valence-electron chi connectivity index (χ3n) is 4.23. The SMILES string of the molecule is C[C@H](Cc1nc2cc(F)c(F)cc2[nH]1)C(=O)Nc1ccc(C#N)c(C(F)(F)F)c1. The van der Waals surface area contributed by atoms with Crippen LogP contribution in [0.5, 0.6) is 0 Å². The van der Waals surface area contributed by atoms with E-state index in [0.717, 1.165) is 18.2 Å². The van der Waals surface area contributed by atoms with Crippen molar-refractivity contribution in [3.8, 4) is 6.07 Å². The molecule has 5 nitrogen and oxygen atoms in total. The van der Waals surface area contributed by atoms with Crippen molar-refractivity contribution in [1.29, 1.82) is 5.26 Å². The molecule has 0 bridgehead atoms. The first-order chi connectivity index (χ1) is 13.6. The molecular formula is C19H13F5N4O. The molecule has 0 spiro atoms. The zero-order valence-electron chi connectivity index (χ0n) is 14.9. The van der Waals surface area contributed by atoms with Crippen LogP contribution in [0.4, 0.5) is 27.6 Å². The number of halogens is 5. The van der Waals surface area contributed by atoms with Crippen molar-refractivity contribution in [2.75, 3.05) is 5.32 Å². The van der Waals surface area contributed by atoms with Crippen LogP contribution in [-0.2, 0) is 17.4 Å².